The molecule has 3 aromatic rings. The van der Waals surface area contributed by atoms with Crippen LogP contribution < -0.4 is 10.5 Å². The molecule has 24 heavy (non-hydrogen) atoms. The first-order chi connectivity index (χ1) is 11.7. The minimum Gasteiger partial charge on any atom is -0.423 e. The second-order valence-electron chi connectivity index (χ2n) is 6.57. The Bertz CT molecular complexity index is 898. The Morgan fingerprint density at radius 1 is 1.29 bits per heavy atom. The van der Waals surface area contributed by atoms with Gasteiger partial charge >= 0.3 is 5.63 Å². The highest BCUT2D eigenvalue weighted by Crippen LogP contribution is 2.25. The van der Waals surface area contributed by atoms with Crippen molar-refractivity contribution < 1.29 is 9.32 Å². The maximum absolute atomic E-state index is 12.0. The Morgan fingerprint density at radius 3 is 3.00 bits per heavy atom. The molecular formula is C20H22NO2S+. The lowest BCUT2D eigenvalue weighted by Gasteiger charge is -2.21. The summed E-state index contributed by atoms with van der Waals surface area (Å²) in [6.07, 6.45) is 3.42. The molecule has 4 rings (SSSR count). The van der Waals surface area contributed by atoms with Gasteiger partial charge in [-0.3, -0.25) is 0 Å². The molecule has 0 saturated carbocycles. The summed E-state index contributed by atoms with van der Waals surface area (Å²) in [6.45, 7) is 4.16. The van der Waals surface area contributed by atoms with Crippen molar-refractivity contribution in [2.45, 2.75) is 38.8 Å². The van der Waals surface area contributed by atoms with E-state index in [9.17, 15) is 4.79 Å². The molecule has 2 atom stereocenters. The van der Waals surface area contributed by atoms with Crippen LogP contribution in [0.1, 0.15) is 41.8 Å². The molecule has 0 bridgehead atoms. The fraction of sp³-hybridized carbons (Fsp3) is 0.350. The van der Waals surface area contributed by atoms with E-state index in [2.05, 4.69) is 36.6 Å². The van der Waals surface area contributed by atoms with Crippen LogP contribution >= 0.6 is 11.3 Å². The largest absolute Gasteiger partial charge is 0.423 e. The monoisotopic (exact) mass is 340 g/mol. The number of nitrogens with one attached hydrogen (secondary N) is 1. The van der Waals surface area contributed by atoms with Crippen molar-refractivity contribution in [1.29, 1.82) is 0 Å². The molecule has 124 valence electrons. The lowest BCUT2D eigenvalue weighted by Crippen LogP contribution is -3.08. The van der Waals surface area contributed by atoms with Crippen LogP contribution in [-0.2, 0) is 13.0 Å². The fourth-order valence-electron chi connectivity index (χ4n) is 3.84. The predicted molar refractivity (Wildman–Crippen MR) is 97.7 cm³/mol. The van der Waals surface area contributed by atoms with Gasteiger partial charge in [0.05, 0.1) is 11.4 Å². The van der Waals surface area contributed by atoms with Crippen LogP contribution in [0, 0.1) is 0 Å². The Hall–Kier alpha value is -1.91. The summed E-state index contributed by atoms with van der Waals surface area (Å²) < 4.78 is 5.45. The minimum atomic E-state index is -0.239. The molecule has 3 nitrogen and oxygen atoms in total. The SMILES string of the molecule is CCc1ccc2c(C[NH+]3CCC[C@H]3c3cccs3)cc(=O)oc2c1. The highest BCUT2D eigenvalue weighted by atomic mass is 32.1. The van der Waals surface area contributed by atoms with Gasteiger partial charge in [-0.15, -0.1) is 11.3 Å². The van der Waals surface area contributed by atoms with Gasteiger partial charge in [-0.05, 0) is 29.5 Å². The molecule has 1 aliphatic heterocycles. The quantitative estimate of drug-likeness (QED) is 0.739. The van der Waals surface area contributed by atoms with E-state index in [1.807, 2.05) is 17.4 Å². The van der Waals surface area contributed by atoms with Gasteiger partial charge in [-0.2, -0.15) is 0 Å². The maximum Gasteiger partial charge on any atom is 0.336 e. The third kappa shape index (κ3) is 2.92. The van der Waals surface area contributed by atoms with Gasteiger partial charge in [-0.25, -0.2) is 4.79 Å². The fourth-order valence-corrected chi connectivity index (χ4v) is 4.76. The van der Waals surface area contributed by atoms with Crippen molar-refractivity contribution in [1.82, 2.24) is 0 Å². The van der Waals surface area contributed by atoms with Crippen molar-refractivity contribution in [2.75, 3.05) is 6.54 Å². The van der Waals surface area contributed by atoms with Crippen LogP contribution in [0.5, 0.6) is 0 Å². The van der Waals surface area contributed by atoms with Crippen LogP contribution in [0.4, 0.5) is 0 Å². The summed E-state index contributed by atoms with van der Waals surface area (Å²) >= 11 is 1.85. The summed E-state index contributed by atoms with van der Waals surface area (Å²) in [5.74, 6) is 0. The van der Waals surface area contributed by atoms with Crippen molar-refractivity contribution in [3.8, 4) is 0 Å². The first-order valence-electron chi connectivity index (χ1n) is 8.68. The summed E-state index contributed by atoms with van der Waals surface area (Å²) in [6, 6.07) is 12.9. The molecule has 1 N–H and O–H groups in total. The van der Waals surface area contributed by atoms with Crippen molar-refractivity contribution in [3.05, 3.63) is 68.2 Å². The number of hydrogen-bond acceptors (Lipinski definition) is 3. The number of aryl methyl sites for hydroxylation is 1. The van der Waals surface area contributed by atoms with E-state index in [1.54, 1.807) is 11.0 Å². The van der Waals surface area contributed by atoms with E-state index in [0.29, 0.717) is 6.04 Å². The van der Waals surface area contributed by atoms with Gasteiger partial charge in [0.2, 0.25) is 0 Å². The predicted octanol–water partition coefficient (Wildman–Crippen LogP) is 3.34. The van der Waals surface area contributed by atoms with E-state index in [4.69, 9.17) is 4.42 Å². The van der Waals surface area contributed by atoms with Crippen LogP contribution in [0.15, 0.2) is 51.0 Å². The maximum atomic E-state index is 12.0. The zero-order chi connectivity index (χ0) is 16.5. The van der Waals surface area contributed by atoms with Crippen molar-refractivity contribution in [3.63, 3.8) is 0 Å². The molecule has 0 spiro atoms. The molecule has 1 aliphatic rings. The smallest absolute Gasteiger partial charge is 0.336 e. The lowest BCUT2D eigenvalue weighted by atomic mass is 10.1. The van der Waals surface area contributed by atoms with Crippen molar-refractivity contribution >= 4 is 22.3 Å². The Balaban J connectivity index is 1.70. The molecule has 1 unspecified atom stereocenters. The summed E-state index contributed by atoms with van der Waals surface area (Å²) in [5.41, 5.74) is 2.80. The Kier molecular flexibility index (Phi) is 4.25. The first-order valence-corrected chi connectivity index (χ1v) is 9.56. The number of thiophene rings is 1. The van der Waals surface area contributed by atoms with E-state index < -0.39 is 0 Å². The molecule has 1 saturated heterocycles. The third-order valence-corrected chi connectivity index (χ3v) is 6.08. The van der Waals surface area contributed by atoms with Crippen LogP contribution in [0.25, 0.3) is 11.0 Å². The summed E-state index contributed by atoms with van der Waals surface area (Å²) in [5, 5.41) is 3.24. The standard InChI is InChI=1S/C20H21NO2S/c1-2-14-7-8-16-15(12-20(22)23-18(16)11-14)13-21-9-3-5-17(21)19-6-4-10-24-19/h4,6-8,10-12,17H,2-3,5,9,13H2,1H3/p+1/t17-/m0/s1. The van der Waals surface area contributed by atoms with Crippen LogP contribution in [0.2, 0.25) is 0 Å². The zero-order valence-corrected chi connectivity index (χ0v) is 14.7. The zero-order valence-electron chi connectivity index (χ0n) is 13.9. The number of fused-ring (bicyclic) bond motifs is 1. The minimum absolute atomic E-state index is 0.239. The summed E-state index contributed by atoms with van der Waals surface area (Å²) in [4.78, 5) is 15.0. The molecule has 2 aromatic heterocycles. The molecule has 1 fully saturated rings. The molecule has 1 aromatic carbocycles. The van der Waals surface area contributed by atoms with Gasteiger partial charge in [0.25, 0.3) is 0 Å². The molecule has 0 amide bonds. The molecule has 0 aliphatic carbocycles. The molecule has 0 radical (unpaired) electrons. The number of hydrogen-bond donors (Lipinski definition) is 1. The van der Waals surface area contributed by atoms with Gasteiger partial charge in [0.1, 0.15) is 18.2 Å². The molecule has 3 heterocycles. The number of likely N-dealkylation sites (tertiary alicyclic amines) is 1. The van der Waals surface area contributed by atoms with Crippen molar-refractivity contribution in [2.24, 2.45) is 0 Å². The average Bonchev–Trinajstić information content (AvgIpc) is 3.25. The van der Waals surface area contributed by atoms with Gasteiger partial charge in [-0.1, -0.05) is 25.1 Å². The second kappa shape index (κ2) is 6.54. The van der Waals surface area contributed by atoms with E-state index in [1.165, 1.54) is 23.3 Å². The normalized spacial score (nSPS) is 20.7. The lowest BCUT2D eigenvalue weighted by molar-refractivity contribution is -0.931. The number of quaternary nitrogens is 1. The number of benzene rings is 1. The average molecular weight is 340 g/mol. The highest BCUT2D eigenvalue weighted by Gasteiger charge is 2.31. The van der Waals surface area contributed by atoms with Gasteiger partial charge in [0.15, 0.2) is 0 Å². The summed E-state index contributed by atoms with van der Waals surface area (Å²) in [7, 11) is 0. The van der Waals surface area contributed by atoms with E-state index in [-0.39, 0.29) is 5.63 Å². The topological polar surface area (TPSA) is 34.7 Å². The second-order valence-corrected chi connectivity index (χ2v) is 7.55. The third-order valence-electron chi connectivity index (χ3n) is 5.09. The van der Waals surface area contributed by atoms with Crippen LogP contribution in [-0.4, -0.2) is 6.54 Å². The Labute approximate surface area is 145 Å². The number of rotatable bonds is 4. The highest BCUT2D eigenvalue weighted by molar-refractivity contribution is 7.10. The van der Waals surface area contributed by atoms with E-state index in [0.717, 1.165) is 36.0 Å². The first kappa shape index (κ1) is 15.6. The molecule has 4 heteroatoms. The van der Waals surface area contributed by atoms with Gasteiger partial charge in [0, 0.05) is 29.9 Å². The van der Waals surface area contributed by atoms with E-state index >= 15 is 0 Å². The Morgan fingerprint density at radius 2 is 2.21 bits per heavy atom. The molecular weight excluding hydrogens is 318 g/mol. The van der Waals surface area contributed by atoms with Gasteiger partial charge < -0.3 is 9.32 Å². The van der Waals surface area contributed by atoms with Crippen LogP contribution in [0.3, 0.4) is 0 Å².